The fraction of sp³-hybridized carbons (Fsp3) is 0. The molecule has 0 bridgehead atoms. The molecule has 3 N–H and O–H groups in total. The molecule has 0 spiro atoms. The maximum absolute atomic E-state index is 12.7. The monoisotopic (exact) mass is 428 g/mol. The van der Waals surface area contributed by atoms with Crippen molar-refractivity contribution < 1.29 is 19.8 Å². The van der Waals surface area contributed by atoms with Gasteiger partial charge in [-0.25, -0.2) is 5.43 Å². The number of rotatable bonds is 5. The molecule has 3 rings (SSSR count). The van der Waals surface area contributed by atoms with E-state index in [9.17, 15) is 19.8 Å². The molecule has 0 unspecified atom stereocenters. The van der Waals surface area contributed by atoms with Crippen molar-refractivity contribution in [1.82, 2.24) is 5.43 Å². The van der Waals surface area contributed by atoms with Gasteiger partial charge in [0, 0.05) is 16.7 Å². The Balaban J connectivity index is 1.82. The van der Waals surface area contributed by atoms with E-state index in [0.717, 1.165) is 6.07 Å². The topological polar surface area (TPSA) is 99.0 Å². The van der Waals surface area contributed by atoms with Crippen molar-refractivity contribution in [3.63, 3.8) is 0 Å². The number of carbonyl (C=O) groups excluding carboxylic acids is 2. The Hall–Kier alpha value is -3.35. The molecule has 0 aliphatic heterocycles. The predicted molar refractivity (Wildman–Crippen MR) is 111 cm³/mol. The van der Waals surface area contributed by atoms with Crippen LogP contribution >= 0.6 is 23.2 Å². The average Bonchev–Trinajstić information content (AvgIpc) is 2.72. The Morgan fingerprint density at radius 1 is 0.897 bits per heavy atom. The van der Waals surface area contributed by atoms with Crippen molar-refractivity contribution in [3.05, 3.63) is 93.0 Å². The van der Waals surface area contributed by atoms with Gasteiger partial charge in [-0.05, 0) is 24.3 Å². The predicted octanol–water partition coefficient (Wildman–Crippen LogP) is 4.40. The Morgan fingerprint density at radius 3 is 2.31 bits per heavy atom. The van der Waals surface area contributed by atoms with Crippen LogP contribution in [0.1, 0.15) is 31.8 Å². The van der Waals surface area contributed by atoms with Crippen LogP contribution in [0.4, 0.5) is 0 Å². The van der Waals surface area contributed by atoms with Crippen molar-refractivity contribution in [2.45, 2.75) is 0 Å². The number of phenolic OH excluding ortho intramolecular Hbond substituents is 2. The summed E-state index contributed by atoms with van der Waals surface area (Å²) in [7, 11) is 0. The van der Waals surface area contributed by atoms with Crippen molar-refractivity contribution in [2.24, 2.45) is 5.10 Å². The standard InChI is InChI=1S/C21H14Cl2N2O4/c22-15-8-6-14(19(23)18(15)20(28)12-4-2-1-3-5-12)11-24-25-21(29)13-7-9-16(26)17(27)10-13/h1-11,26-27H,(H,25,29). The molecule has 0 aliphatic carbocycles. The Labute approximate surface area is 176 Å². The molecule has 0 heterocycles. The molecule has 8 heteroatoms. The second-order valence-electron chi connectivity index (χ2n) is 5.92. The third kappa shape index (κ3) is 4.56. The van der Waals surface area contributed by atoms with Crippen molar-refractivity contribution in [3.8, 4) is 11.5 Å². The summed E-state index contributed by atoms with van der Waals surface area (Å²) in [4.78, 5) is 24.8. The number of carbonyl (C=O) groups is 2. The van der Waals surface area contributed by atoms with Crippen LogP contribution in [0.5, 0.6) is 11.5 Å². The first-order valence-corrected chi connectivity index (χ1v) is 9.07. The summed E-state index contributed by atoms with van der Waals surface area (Å²) in [5.74, 6) is -1.71. The van der Waals surface area contributed by atoms with Crippen LogP contribution in [-0.2, 0) is 0 Å². The number of phenols is 2. The van der Waals surface area contributed by atoms with Crippen LogP contribution in [0.3, 0.4) is 0 Å². The van der Waals surface area contributed by atoms with Gasteiger partial charge in [0.15, 0.2) is 17.3 Å². The van der Waals surface area contributed by atoms with Crippen LogP contribution < -0.4 is 5.43 Å². The molecule has 3 aromatic carbocycles. The Bertz CT molecular complexity index is 1120. The normalized spacial score (nSPS) is 10.8. The van der Waals surface area contributed by atoms with Gasteiger partial charge in [0.25, 0.3) is 5.91 Å². The van der Waals surface area contributed by atoms with Crippen molar-refractivity contribution >= 4 is 41.1 Å². The summed E-state index contributed by atoms with van der Waals surface area (Å²) >= 11 is 12.5. The SMILES string of the molecule is O=C(NN=Cc1ccc(Cl)c(C(=O)c2ccccc2)c1Cl)c1ccc(O)c(O)c1. The van der Waals surface area contributed by atoms with Crippen LogP contribution in [0.2, 0.25) is 10.0 Å². The molecule has 0 atom stereocenters. The lowest BCUT2D eigenvalue weighted by Crippen LogP contribution is -2.17. The number of amides is 1. The van der Waals surface area contributed by atoms with Crippen LogP contribution in [0.25, 0.3) is 0 Å². The van der Waals surface area contributed by atoms with E-state index in [1.54, 1.807) is 36.4 Å². The van der Waals surface area contributed by atoms with Crippen LogP contribution in [0, 0.1) is 0 Å². The number of nitrogens with zero attached hydrogens (tertiary/aromatic N) is 1. The van der Waals surface area contributed by atoms with Gasteiger partial charge in [0.1, 0.15) is 0 Å². The molecular weight excluding hydrogens is 415 g/mol. The van der Waals surface area contributed by atoms with E-state index < -0.39 is 11.7 Å². The zero-order valence-electron chi connectivity index (χ0n) is 14.8. The third-order valence-corrected chi connectivity index (χ3v) is 4.71. The van der Waals surface area contributed by atoms with Crippen LogP contribution in [0.15, 0.2) is 65.8 Å². The fourth-order valence-corrected chi connectivity index (χ4v) is 3.09. The number of hydrazone groups is 1. The summed E-state index contributed by atoms with van der Waals surface area (Å²) in [6.07, 6.45) is 1.28. The van der Waals surface area contributed by atoms with E-state index >= 15 is 0 Å². The van der Waals surface area contributed by atoms with E-state index in [1.807, 2.05) is 0 Å². The van der Waals surface area contributed by atoms with E-state index in [2.05, 4.69) is 10.5 Å². The molecule has 29 heavy (non-hydrogen) atoms. The van der Waals surface area contributed by atoms with E-state index in [-0.39, 0.29) is 32.7 Å². The molecule has 0 radical (unpaired) electrons. The molecule has 146 valence electrons. The Kier molecular flexibility index (Phi) is 6.16. The second-order valence-corrected chi connectivity index (χ2v) is 6.71. The smallest absolute Gasteiger partial charge is 0.271 e. The molecule has 0 fully saturated rings. The van der Waals surface area contributed by atoms with Gasteiger partial charge < -0.3 is 10.2 Å². The lowest BCUT2D eigenvalue weighted by atomic mass is 10.0. The fourth-order valence-electron chi connectivity index (χ4n) is 2.50. The van der Waals surface area contributed by atoms with Gasteiger partial charge in [0.05, 0.1) is 21.8 Å². The summed E-state index contributed by atoms with van der Waals surface area (Å²) in [6.45, 7) is 0. The molecular formula is C21H14Cl2N2O4. The van der Waals surface area contributed by atoms with E-state index in [0.29, 0.717) is 11.1 Å². The van der Waals surface area contributed by atoms with Crippen molar-refractivity contribution in [2.75, 3.05) is 0 Å². The highest BCUT2D eigenvalue weighted by molar-refractivity contribution is 6.42. The van der Waals surface area contributed by atoms with E-state index in [1.165, 1.54) is 24.4 Å². The highest BCUT2D eigenvalue weighted by atomic mass is 35.5. The zero-order valence-corrected chi connectivity index (χ0v) is 16.3. The molecule has 1 amide bonds. The summed E-state index contributed by atoms with van der Waals surface area (Å²) < 4.78 is 0. The molecule has 0 saturated heterocycles. The molecule has 6 nitrogen and oxygen atoms in total. The average molecular weight is 429 g/mol. The first-order chi connectivity index (χ1) is 13.9. The highest BCUT2D eigenvalue weighted by Crippen LogP contribution is 2.30. The summed E-state index contributed by atoms with van der Waals surface area (Å²) in [5.41, 5.74) is 3.33. The second kappa shape index (κ2) is 8.77. The lowest BCUT2D eigenvalue weighted by Gasteiger charge is -2.09. The first kappa shape index (κ1) is 20.4. The van der Waals surface area contributed by atoms with Gasteiger partial charge >= 0.3 is 0 Å². The number of ketones is 1. The number of aromatic hydroxyl groups is 2. The highest BCUT2D eigenvalue weighted by Gasteiger charge is 2.18. The minimum absolute atomic E-state index is 0.0968. The Morgan fingerprint density at radius 2 is 1.62 bits per heavy atom. The van der Waals surface area contributed by atoms with Crippen molar-refractivity contribution in [1.29, 1.82) is 0 Å². The lowest BCUT2D eigenvalue weighted by molar-refractivity contribution is 0.0954. The van der Waals surface area contributed by atoms with Gasteiger partial charge in [-0.3, -0.25) is 9.59 Å². The maximum atomic E-state index is 12.7. The first-order valence-electron chi connectivity index (χ1n) is 8.31. The minimum Gasteiger partial charge on any atom is -0.504 e. The largest absolute Gasteiger partial charge is 0.504 e. The zero-order chi connectivity index (χ0) is 21.0. The number of hydrogen-bond donors (Lipinski definition) is 3. The van der Waals surface area contributed by atoms with Gasteiger partial charge in [-0.15, -0.1) is 0 Å². The number of hydrogen-bond acceptors (Lipinski definition) is 5. The third-order valence-electron chi connectivity index (χ3n) is 3.99. The quantitative estimate of drug-likeness (QED) is 0.242. The summed E-state index contributed by atoms with van der Waals surface area (Å²) in [5, 5.41) is 22.9. The number of halogens is 2. The number of nitrogens with one attached hydrogen (secondary N) is 1. The minimum atomic E-state index is -0.609. The maximum Gasteiger partial charge on any atom is 0.271 e. The van der Waals surface area contributed by atoms with Gasteiger partial charge in [0.2, 0.25) is 0 Å². The molecule has 0 aliphatic rings. The van der Waals surface area contributed by atoms with Gasteiger partial charge in [-0.1, -0.05) is 59.6 Å². The molecule has 3 aromatic rings. The molecule has 0 aromatic heterocycles. The molecule has 0 saturated carbocycles. The van der Waals surface area contributed by atoms with Crippen LogP contribution in [-0.4, -0.2) is 28.1 Å². The van der Waals surface area contributed by atoms with Gasteiger partial charge in [-0.2, -0.15) is 5.10 Å². The number of benzene rings is 3. The summed E-state index contributed by atoms with van der Waals surface area (Å²) in [6, 6.07) is 15.3. The van der Waals surface area contributed by atoms with E-state index in [4.69, 9.17) is 23.2 Å².